The maximum atomic E-state index is 10.9. The summed E-state index contributed by atoms with van der Waals surface area (Å²) in [5.74, 6) is 0.835. The molecular weight excluding hydrogens is 218 g/mol. The quantitative estimate of drug-likeness (QED) is 0.856. The number of carboxylic acid groups (broad SMARTS) is 1. The monoisotopic (exact) mass is 229 g/mol. The van der Waals surface area contributed by atoms with Crippen molar-refractivity contribution in [2.24, 2.45) is 0 Å². The van der Waals surface area contributed by atoms with Crippen LogP contribution < -0.4 is 0 Å². The van der Waals surface area contributed by atoms with Crippen molar-refractivity contribution >= 4 is 29.1 Å². The summed E-state index contributed by atoms with van der Waals surface area (Å²) in [6, 6.07) is 3.74. The molecule has 0 unspecified atom stereocenters. The van der Waals surface area contributed by atoms with Crippen molar-refractivity contribution in [3.63, 3.8) is 0 Å². The fourth-order valence-electron chi connectivity index (χ4n) is 1.46. The molecule has 0 spiro atoms. The van der Waals surface area contributed by atoms with Crippen LogP contribution in [0.2, 0.25) is 0 Å². The Labute approximate surface area is 90.7 Å². The molecule has 1 aromatic rings. The molecule has 0 aromatic carbocycles. The fourth-order valence-corrected chi connectivity index (χ4v) is 3.38. The van der Waals surface area contributed by atoms with Gasteiger partial charge in [0.2, 0.25) is 0 Å². The first-order valence-electron chi connectivity index (χ1n) is 4.34. The number of rotatable bonds is 3. The molecule has 76 valence electrons. The number of carboxylic acids is 1. The van der Waals surface area contributed by atoms with Crippen LogP contribution in [0.3, 0.4) is 0 Å². The molecule has 1 fully saturated rings. The van der Waals surface area contributed by atoms with Crippen molar-refractivity contribution in [3.05, 3.63) is 22.4 Å². The van der Waals surface area contributed by atoms with E-state index in [1.165, 1.54) is 4.88 Å². The van der Waals surface area contributed by atoms with Crippen molar-refractivity contribution < 1.29 is 9.90 Å². The first-order chi connectivity index (χ1) is 6.77. The van der Waals surface area contributed by atoms with Crippen molar-refractivity contribution in [2.75, 3.05) is 11.6 Å². The van der Waals surface area contributed by atoms with E-state index >= 15 is 0 Å². The van der Waals surface area contributed by atoms with Crippen LogP contribution in [-0.4, -0.2) is 33.6 Å². The van der Waals surface area contributed by atoms with E-state index in [-0.39, 0.29) is 6.04 Å². The number of thioether (sulfide) groups is 1. The molecule has 2 rings (SSSR count). The van der Waals surface area contributed by atoms with Gasteiger partial charge in [0.1, 0.15) is 6.04 Å². The summed E-state index contributed by atoms with van der Waals surface area (Å²) in [5.41, 5.74) is 0. The second-order valence-corrected chi connectivity index (χ2v) is 5.21. The molecule has 1 aliphatic rings. The first kappa shape index (κ1) is 10.0. The number of carbonyl (C=O) groups is 1. The van der Waals surface area contributed by atoms with Crippen molar-refractivity contribution in [1.29, 1.82) is 0 Å². The van der Waals surface area contributed by atoms with Gasteiger partial charge in [-0.2, -0.15) is 0 Å². The molecule has 1 atom stereocenters. The fraction of sp³-hybridized carbons (Fsp3) is 0.444. The summed E-state index contributed by atoms with van der Waals surface area (Å²) in [5, 5.41) is 11.0. The molecule has 1 aromatic heterocycles. The standard InChI is InChI=1S/C9H11NO2S2/c11-9(12)8-5-13-6-10(8)4-7-2-1-3-14-7/h1-3,8H,4-6H2,(H,11,12)/t8-/m1/s1. The highest BCUT2D eigenvalue weighted by molar-refractivity contribution is 7.99. The zero-order valence-corrected chi connectivity index (χ0v) is 9.18. The van der Waals surface area contributed by atoms with Crippen molar-refractivity contribution in [2.45, 2.75) is 12.6 Å². The smallest absolute Gasteiger partial charge is 0.321 e. The number of hydrogen-bond acceptors (Lipinski definition) is 4. The highest BCUT2D eigenvalue weighted by Crippen LogP contribution is 2.24. The second-order valence-electron chi connectivity index (χ2n) is 3.18. The Morgan fingerprint density at radius 3 is 3.21 bits per heavy atom. The van der Waals surface area contributed by atoms with Gasteiger partial charge in [-0.1, -0.05) is 6.07 Å². The molecule has 0 saturated carbocycles. The lowest BCUT2D eigenvalue weighted by atomic mass is 10.3. The van der Waals surface area contributed by atoms with Gasteiger partial charge in [-0.05, 0) is 11.4 Å². The average molecular weight is 229 g/mol. The van der Waals surface area contributed by atoms with Gasteiger partial charge in [-0.3, -0.25) is 9.69 Å². The minimum atomic E-state index is -0.702. The van der Waals surface area contributed by atoms with E-state index < -0.39 is 5.97 Å². The Bertz CT molecular complexity index is 313. The molecule has 5 heteroatoms. The number of hydrogen-bond donors (Lipinski definition) is 1. The van der Waals surface area contributed by atoms with Crippen LogP contribution >= 0.6 is 23.1 Å². The van der Waals surface area contributed by atoms with Crippen LogP contribution in [0.4, 0.5) is 0 Å². The van der Waals surface area contributed by atoms with Gasteiger partial charge < -0.3 is 5.11 Å². The van der Waals surface area contributed by atoms with Crippen molar-refractivity contribution in [1.82, 2.24) is 4.90 Å². The lowest BCUT2D eigenvalue weighted by Crippen LogP contribution is -2.36. The molecule has 1 aliphatic heterocycles. The van der Waals surface area contributed by atoms with Crippen LogP contribution in [0, 0.1) is 0 Å². The Morgan fingerprint density at radius 2 is 2.57 bits per heavy atom. The van der Waals surface area contributed by atoms with E-state index in [9.17, 15) is 4.79 Å². The highest BCUT2D eigenvalue weighted by atomic mass is 32.2. The van der Waals surface area contributed by atoms with E-state index in [0.717, 1.165) is 12.4 Å². The lowest BCUT2D eigenvalue weighted by molar-refractivity contribution is -0.141. The van der Waals surface area contributed by atoms with Crippen LogP contribution in [0.15, 0.2) is 17.5 Å². The maximum Gasteiger partial charge on any atom is 0.321 e. The Kier molecular flexibility index (Phi) is 3.10. The van der Waals surface area contributed by atoms with Gasteiger partial charge in [0.15, 0.2) is 0 Å². The van der Waals surface area contributed by atoms with E-state index in [1.54, 1.807) is 23.1 Å². The zero-order valence-electron chi connectivity index (χ0n) is 7.55. The van der Waals surface area contributed by atoms with Gasteiger partial charge in [-0.15, -0.1) is 23.1 Å². The number of thiophene rings is 1. The van der Waals surface area contributed by atoms with Gasteiger partial charge in [0.25, 0.3) is 0 Å². The average Bonchev–Trinajstić information content (AvgIpc) is 2.75. The Morgan fingerprint density at radius 1 is 1.71 bits per heavy atom. The summed E-state index contributed by atoms with van der Waals surface area (Å²) in [7, 11) is 0. The minimum absolute atomic E-state index is 0.304. The maximum absolute atomic E-state index is 10.9. The molecule has 1 saturated heterocycles. The zero-order chi connectivity index (χ0) is 9.97. The molecule has 1 N–H and O–H groups in total. The topological polar surface area (TPSA) is 40.5 Å². The van der Waals surface area contributed by atoms with Gasteiger partial charge in [0.05, 0.1) is 0 Å². The SMILES string of the molecule is O=C(O)[C@H]1CSCN1Cc1cccs1. The largest absolute Gasteiger partial charge is 0.480 e. The van der Waals surface area contributed by atoms with E-state index in [4.69, 9.17) is 5.11 Å². The normalized spacial score (nSPS) is 22.7. The van der Waals surface area contributed by atoms with E-state index in [1.807, 2.05) is 22.4 Å². The predicted molar refractivity (Wildman–Crippen MR) is 58.6 cm³/mol. The first-order valence-corrected chi connectivity index (χ1v) is 6.38. The molecular formula is C9H11NO2S2. The molecule has 0 aliphatic carbocycles. The van der Waals surface area contributed by atoms with Crippen LogP contribution in [0.25, 0.3) is 0 Å². The van der Waals surface area contributed by atoms with Crippen LogP contribution in [0.5, 0.6) is 0 Å². The van der Waals surface area contributed by atoms with E-state index in [2.05, 4.69) is 0 Å². The molecule has 0 radical (unpaired) electrons. The van der Waals surface area contributed by atoms with Crippen LogP contribution in [0.1, 0.15) is 4.88 Å². The number of nitrogens with zero attached hydrogens (tertiary/aromatic N) is 1. The predicted octanol–water partition coefficient (Wildman–Crippen LogP) is 1.71. The molecule has 0 bridgehead atoms. The van der Waals surface area contributed by atoms with Gasteiger partial charge in [0, 0.05) is 23.1 Å². The third-order valence-electron chi connectivity index (χ3n) is 2.20. The van der Waals surface area contributed by atoms with Gasteiger partial charge in [-0.25, -0.2) is 0 Å². The molecule has 3 nitrogen and oxygen atoms in total. The van der Waals surface area contributed by atoms with Crippen LogP contribution in [-0.2, 0) is 11.3 Å². The lowest BCUT2D eigenvalue weighted by Gasteiger charge is -2.18. The highest BCUT2D eigenvalue weighted by Gasteiger charge is 2.30. The summed E-state index contributed by atoms with van der Waals surface area (Å²) in [4.78, 5) is 14.1. The third kappa shape index (κ3) is 2.10. The summed E-state index contributed by atoms with van der Waals surface area (Å²) < 4.78 is 0. The third-order valence-corrected chi connectivity index (χ3v) is 4.12. The Balaban J connectivity index is 2.00. The summed E-state index contributed by atoms with van der Waals surface area (Å²) in [6.07, 6.45) is 0. The van der Waals surface area contributed by atoms with Crippen molar-refractivity contribution in [3.8, 4) is 0 Å². The van der Waals surface area contributed by atoms with E-state index in [0.29, 0.717) is 5.75 Å². The Hall–Kier alpha value is -0.520. The molecule has 14 heavy (non-hydrogen) atoms. The van der Waals surface area contributed by atoms with Gasteiger partial charge >= 0.3 is 5.97 Å². The second kappa shape index (κ2) is 4.33. The molecule has 0 amide bonds. The summed E-state index contributed by atoms with van der Waals surface area (Å²) in [6.45, 7) is 0.766. The summed E-state index contributed by atoms with van der Waals surface area (Å²) >= 11 is 3.37. The number of aliphatic carboxylic acids is 1. The minimum Gasteiger partial charge on any atom is -0.480 e. The molecule has 2 heterocycles.